The van der Waals surface area contributed by atoms with E-state index in [9.17, 15) is 18.8 Å². The van der Waals surface area contributed by atoms with Crippen LogP contribution >= 0.6 is 0 Å². The van der Waals surface area contributed by atoms with Gasteiger partial charge in [-0.15, -0.1) is 0 Å². The lowest BCUT2D eigenvalue weighted by Crippen LogP contribution is -2.51. The normalized spacial score (nSPS) is 14.7. The lowest BCUT2D eigenvalue weighted by Gasteiger charge is -2.26. The van der Waals surface area contributed by atoms with Gasteiger partial charge in [0.05, 0.1) is 5.56 Å². The van der Waals surface area contributed by atoms with Gasteiger partial charge in [-0.3, -0.25) is 4.79 Å². The van der Waals surface area contributed by atoms with Gasteiger partial charge in [0.2, 0.25) is 5.91 Å². The minimum absolute atomic E-state index is 0.0679. The molecule has 0 spiro atoms. The average Bonchev–Trinajstić information content (AvgIpc) is 2.38. The number of amides is 3. The van der Waals surface area contributed by atoms with Crippen LogP contribution in [0, 0.1) is 5.82 Å². The molecule has 3 N–H and O–H groups in total. The molecule has 1 aromatic carbocycles. The van der Waals surface area contributed by atoms with Crippen molar-refractivity contribution in [2.24, 2.45) is 0 Å². The number of nitrogens with one attached hydrogen (secondary N) is 2. The highest BCUT2D eigenvalue weighted by molar-refractivity contribution is 5.94. The van der Waals surface area contributed by atoms with E-state index in [-0.39, 0.29) is 18.1 Å². The molecule has 106 valence electrons. The monoisotopic (exact) mass is 281 g/mol. The number of piperazine rings is 1. The first-order valence-corrected chi connectivity index (χ1v) is 5.83. The van der Waals surface area contributed by atoms with Crippen LogP contribution in [0.25, 0.3) is 0 Å². The standard InChI is InChI=1S/C12H12FN3O4/c13-9-5-7(1-2-8(9)11(18)19)15-12(20)16-4-3-14-10(17)6-16/h1-2,5H,3-4,6H2,(H,14,17)(H,15,20)(H,18,19). The summed E-state index contributed by atoms with van der Waals surface area (Å²) in [7, 11) is 0. The van der Waals surface area contributed by atoms with E-state index >= 15 is 0 Å². The number of benzene rings is 1. The molecule has 0 aromatic heterocycles. The zero-order valence-corrected chi connectivity index (χ0v) is 10.4. The highest BCUT2D eigenvalue weighted by atomic mass is 19.1. The van der Waals surface area contributed by atoms with Crippen molar-refractivity contribution in [2.45, 2.75) is 0 Å². The van der Waals surface area contributed by atoms with Crippen LogP contribution in [0.5, 0.6) is 0 Å². The van der Waals surface area contributed by atoms with E-state index in [1.165, 1.54) is 11.0 Å². The van der Waals surface area contributed by atoms with Crippen molar-refractivity contribution in [3.63, 3.8) is 0 Å². The number of nitrogens with zero attached hydrogens (tertiary/aromatic N) is 1. The van der Waals surface area contributed by atoms with E-state index in [1.807, 2.05) is 0 Å². The zero-order valence-electron chi connectivity index (χ0n) is 10.4. The van der Waals surface area contributed by atoms with Gasteiger partial charge in [-0.25, -0.2) is 14.0 Å². The molecule has 1 aliphatic rings. The third-order valence-electron chi connectivity index (χ3n) is 2.78. The van der Waals surface area contributed by atoms with E-state index in [1.54, 1.807) is 0 Å². The molecule has 0 unspecified atom stereocenters. The Morgan fingerprint density at radius 2 is 2.15 bits per heavy atom. The number of halogens is 1. The van der Waals surface area contributed by atoms with Crippen LogP contribution in [0.2, 0.25) is 0 Å². The van der Waals surface area contributed by atoms with Gasteiger partial charge in [0, 0.05) is 18.8 Å². The topological polar surface area (TPSA) is 98.7 Å². The number of rotatable bonds is 2. The summed E-state index contributed by atoms with van der Waals surface area (Å²) in [6, 6.07) is 2.73. The maximum atomic E-state index is 13.4. The molecule has 1 aromatic rings. The van der Waals surface area contributed by atoms with Crippen LogP contribution in [0.1, 0.15) is 10.4 Å². The quantitative estimate of drug-likeness (QED) is 0.734. The third kappa shape index (κ3) is 3.02. The Morgan fingerprint density at radius 1 is 1.40 bits per heavy atom. The fourth-order valence-electron chi connectivity index (χ4n) is 1.78. The van der Waals surface area contributed by atoms with Crippen LogP contribution in [0.4, 0.5) is 14.9 Å². The summed E-state index contributed by atoms with van der Waals surface area (Å²) >= 11 is 0. The molecule has 0 saturated carbocycles. The van der Waals surface area contributed by atoms with Crippen molar-refractivity contribution in [3.8, 4) is 0 Å². The Kier molecular flexibility index (Phi) is 3.83. The predicted molar refractivity (Wildman–Crippen MR) is 67.0 cm³/mol. The average molecular weight is 281 g/mol. The highest BCUT2D eigenvalue weighted by Crippen LogP contribution is 2.15. The third-order valence-corrected chi connectivity index (χ3v) is 2.78. The van der Waals surface area contributed by atoms with Crippen molar-refractivity contribution < 1.29 is 23.9 Å². The number of hydrogen-bond donors (Lipinski definition) is 3. The smallest absolute Gasteiger partial charge is 0.338 e. The second-order valence-corrected chi connectivity index (χ2v) is 4.20. The lowest BCUT2D eigenvalue weighted by molar-refractivity contribution is -0.123. The van der Waals surface area contributed by atoms with E-state index in [4.69, 9.17) is 5.11 Å². The summed E-state index contributed by atoms with van der Waals surface area (Å²) < 4.78 is 13.4. The van der Waals surface area contributed by atoms with Crippen LogP contribution < -0.4 is 10.6 Å². The summed E-state index contributed by atoms with van der Waals surface area (Å²) in [5.41, 5.74) is -0.344. The van der Waals surface area contributed by atoms with Crippen LogP contribution in [0.3, 0.4) is 0 Å². The number of carboxylic acids is 1. The minimum atomic E-state index is -1.38. The Labute approximate surface area is 113 Å². The fraction of sp³-hybridized carbons (Fsp3) is 0.250. The molecular formula is C12H12FN3O4. The van der Waals surface area contributed by atoms with Crippen LogP contribution in [-0.2, 0) is 4.79 Å². The molecule has 2 rings (SSSR count). The SMILES string of the molecule is O=C1CN(C(=O)Nc2ccc(C(=O)O)c(F)c2)CCN1. The molecule has 0 bridgehead atoms. The summed E-state index contributed by atoms with van der Waals surface area (Å²) in [6.45, 7) is 0.646. The summed E-state index contributed by atoms with van der Waals surface area (Å²) in [5, 5.41) is 13.7. The van der Waals surface area contributed by atoms with Gasteiger partial charge in [-0.2, -0.15) is 0 Å². The van der Waals surface area contributed by atoms with E-state index in [0.717, 1.165) is 12.1 Å². The molecule has 1 heterocycles. The first kappa shape index (κ1) is 13.8. The maximum Gasteiger partial charge on any atom is 0.338 e. The second-order valence-electron chi connectivity index (χ2n) is 4.20. The van der Waals surface area contributed by atoms with Crippen molar-refractivity contribution >= 4 is 23.6 Å². The van der Waals surface area contributed by atoms with Gasteiger partial charge < -0.3 is 20.6 Å². The number of aromatic carboxylic acids is 1. The molecule has 7 nitrogen and oxygen atoms in total. The first-order chi connectivity index (χ1) is 9.47. The molecule has 8 heteroatoms. The zero-order chi connectivity index (χ0) is 14.7. The van der Waals surface area contributed by atoms with Gasteiger partial charge in [-0.1, -0.05) is 0 Å². The molecule has 0 aliphatic carbocycles. The van der Waals surface area contributed by atoms with Crippen LogP contribution in [-0.4, -0.2) is 47.5 Å². The largest absolute Gasteiger partial charge is 0.478 e. The molecule has 1 fully saturated rings. The molecule has 0 atom stereocenters. The minimum Gasteiger partial charge on any atom is -0.478 e. The first-order valence-electron chi connectivity index (χ1n) is 5.83. The molecular weight excluding hydrogens is 269 g/mol. The van der Waals surface area contributed by atoms with E-state index < -0.39 is 23.4 Å². The fourth-order valence-corrected chi connectivity index (χ4v) is 1.78. The van der Waals surface area contributed by atoms with E-state index in [2.05, 4.69) is 10.6 Å². The summed E-state index contributed by atoms with van der Waals surface area (Å²) in [5.74, 6) is -2.58. The van der Waals surface area contributed by atoms with Gasteiger partial charge >= 0.3 is 12.0 Å². The summed E-state index contributed by atoms with van der Waals surface area (Å²) in [4.78, 5) is 34.9. The second kappa shape index (κ2) is 5.55. The molecule has 0 radical (unpaired) electrons. The van der Waals surface area contributed by atoms with Crippen molar-refractivity contribution in [2.75, 3.05) is 25.0 Å². The Hall–Kier alpha value is -2.64. The van der Waals surface area contributed by atoms with Crippen LogP contribution in [0.15, 0.2) is 18.2 Å². The predicted octanol–water partition coefficient (Wildman–Crippen LogP) is 0.488. The summed E-state index contributed by atoms with van der Waals surface area (Å²) in [6.07, 6.45) is 0. The Bertz CT molecular complexity index is 576. The lowest BCUT2D eigenvalue weighted by atomic mass is 10.2. The van der Waals surface area contributed by atoms with Crippen molar-refractivity contribution in [3.05, 3.63) is 29.6 Å². The van der Waals surface area contributed by atoms with Crippen molar-refractivity contribution in [1.82, 2.24) is 10.2 Å². The Morgan fingerprint density at radius 3 is 2.75 bits per heavy atom. The molecule has 1 aliphatic heterocycles. The van der Waals surface area contributed by atoms with Gasteiger partial charge in [-0.05, 0) is 18.2 Å². The van der Waals surface area contributed by atoms with E-state index in [0.29, 0.717) is 13.1 Å². The maximum absolute atomic E-state index is 13.4. The molecule has 1 saturated heterocycles. The highest BCUT2D eigenvalue weighted by Gasteiger charge is 2.21. The van der Waals surface area contributed by atoms with Gasteiger partial charge in [0.15, 0.2) is 0 Å². The van der Waals surface area contributed by atoms with Gasteiger partial charge in [0.1, 0.15) is 12.4 Å². The molecule has 3 amide bonds. The van der Waals surface area contributed by atoms with Gasteiger partial charge in [0.25, 0.3) is 0 Å². The number of hydrogen-bond acceptors (Lipinski definition) is 3. The molecule has 20 heavy (non-hydrogen) atoms. The number of carboxylic acid groups (broad SMARTS) is 1. The Balaban J connectivity index is 2.06. The number of anilines is 1. The number of carbonyl (C=O) groups excluding carboxylic acids is 2. The number of urea groups is 1. The van der Waals surface area contributed by atoms with Crippen molar-refractivity contribution in [1.29, 1.82) is 0 Å². The number of carbonyl (C=O) groups is 3.